The van der Waals surface area contributed by atoms with Crippen molar-refractivity contribution in [3.05, 3.63) is 60.9 Å². The minimum absolute atomic E-state index is 0.0599. The van der Waals surface area contributed by atoms with E-state index in [1.54, 1.807) is 19.1 Å². The number of benzene rings is 2. The fourth-order valence-corrected chi connectivity index (χ4v) is 7.81. The molecule has 9 heteroatoms. The lowest BCUT2D eigenvalue weighted by Gasteiger charge is -2.15. The number of nitrogens with one attached hydrogen (secondary N) is 1. The van der Waals surface area contributed by atoms with Gasteiger partial charge in [0.2, 0.25) is 10.0 Å². The molecule has 2 aromatic rings. The van der Waals surface area contributed by atoms with E-state index in [0.29, 0.717) is 19.8 Å². The van der Waals surface area contributed by atoms with Crippen molar-refractivity contribution in [2.75, 3.05) is 0 Å². The molecule has 0 radical (unpaired) electrons. The molecule has 0 aromatic heterocycles. The molecule has 0 bridgehead atoms. The van der Waals surface area contributed by atoms with Crippen LogP contribution < -0.4 is 4.72 Å². The van der Waals surface area contributed by atoms with E-state index < -0.39 is 33.1 Å². The van der Waals surface area contributed by atoms with Crippen LogP contribution in [0.25, 0.3) is 0 Å². The van der Waals surface area contributed by atoms with Gasteiger partial charge in [-0.05, 0) is 74.2 Å². The molecule has 25 heavy (non-hydrogen) atoms. The minimum atomic E-state index is -3.86. The van der Waals surface area contributed by atoms with Gasteiger partial charge in [-0.1, -0.05) is 22.9 Å². The molecule has 3 rings (SSSR count). The van der Waals surface area contributed by atoms with Gasteiger partial charge in [-0.2, -0.15) is 0 Å². The first-order chi connectivity index (χ1) is 11.5. The zero-order valence-electron chi connectivity index (χ0n) is 12.8. The van der Waals surface area contributed by atoms with Gasteiger partial charge in [0.1, 0.15) is 16.5 Å². The molecule has 134 valence electrons. The Kier molecular flexibility index (Phi) is 5.18. The van der Waals surface area contributed by atoms with Gasteiger partial charge in [0.05, 0.1) is 0 Å². The quantitative estimate of drug-likeness (QED) is 0.555. The maximum Gasteiger partial charge on any atom is 0.243 e. The molecule has 1 fully saturated rings. The summed E-state index contributed by atoms with van der Waals surface area (Å²) in [7, 11) is -3.86. The standard InChI is InChI=1S/C16H12Br3F2NO2S/c1-16(10-6-9(20)2-3-13(10)21)7-14(16)22-25(23,24)15-11(18)4-8(17)5-12(15)19/h2-6,14,22H,7H2,1H3. The SMILES string of the molecule is CC1(c2cc(F)ccc2F)CC1NS(=O)(=O)c1c(Br)cc(Br)cc1Br. The second-order valence-corrected chi connectivity index (χ2v) is 10.4. The monoisotopic (exact) mass is 557 g/mol. The molecule has 0 aliphatic heterocycles. The second-order valence-electron chi connectivity index (χ2n) is 6.12. The average molecular weight is 560 g/mol. The first-order valence-electron chi connectivity index (χ1n) is 7.17. The summed E-state index contributed by atoms with van der Waals surface area (Å²) < 4.78 is 57.1. The molecule has 2 aromatic carbocycles. The molecule has 2 unspecified atom stereocenters. The van der Waals surface area contributed by atoms with E-state index in [4.69, 9.17) is 0 Å². The molecule has 1 saturated carbocycles. The Balaban J connectivity index is 1.90. The van der Waals surface area contributed by atoms with Crippen molar-refractivity contribution in [3.8, 4) is 0 Å². The number of sulfonamides is 1. The molecule has 3 nitrogen and oxygen atoms in total. The highest BCUT2D eigenvalue weighted by Crippen LogP contribution is 2.50. The van der Waals surface area contributed by atoms with Crippen LogP contribution in [0.15, 0.2) is 48.6 Å². The van der Waals surface area contributed by atoms with E-state index in [-0.39, 0.29) is 10.5 Å². The number of hydrogen-bond donors (Lipinski definition) is 1. The van der Waals surface area contributed by atoms with E-state index in [0.717, 1.165) is 18.2 Å². The van der Waals surface area contributed by atoms with Crippen LogP contribution in [-0.2, 0) is 15.4 Å². The van der Waals surface area contributed by atoms with Crippen molar-refractivity contribution in [2.24, 2.45) is 0 Å². The van der Waals surface area contributed by atoms with Crippen molar-refractivity contribution in [1.29, 1.82) is 0 Å². The Morgan fingerprint density at radius 3 is 2.32 bits per heavy atom. The smallest absolute Gasteiger partial charge is 0.207 e. The van der Waals surface area contributed by atoms with Crippen LogP contribution in [0.3, 0.4) is 0 Å². The highest BCUT2D eigenvalue weighted by atomic mass is 79.9. The number of halogens is 5. The van der Waals surface area contributed by atoms with Crippen LogP contribution in [0, 0.1) is 11.6 Å². The summed E-state index contributed by atoms with van der Waals surface area (Å²) in [6.45, 7) is 1.71. The van der Waals surface area contributed by atoms with Gasteiger partial charge in [-0.15, -0.1) is 0 Å². The summed E-state index contributed by atoms with van der Waals surface area (Å²) in [6, 6.07) is 5.95. The highest BCUT2D eigenvalue weighted by Gasteiger charge is 2.54. The van der Waals surface area contributed by atoms with Gasteiger partial charge in [0, 0.05) is 24.9 Å². The molecule has 1 aliphatic carbocycles. The van der Waals surface area contributed by atoms with E-state index in [2.05, 4.69) is 52.5 Å². The van der Waals surface area contributed by atoms with Gasteiger partial charge in [0.15, 0.2) is 0 Å². The largest absolute Gasteiger partial charge is 0.243 e. The van der Waals surface area contributed by atoms with Gasteiger partial charge in [-0.3, -0.25) is 0 Å². The van der Waals surface area contributed by atoms with Crippen molar-refractivity contribution in [1.82, 2.24) is 4.72 Å². The molecule has 0 saturated heterocycles. The van der Waals surface area contributed by atoms with E-state index in [1.165, 1.54) is 0 Å². The minimum Gasteiger partial charge on any atom is -0.207 e. The molecule has 0 heterocycles. The predicted octanol–water partition coefficient (Wildman–Crippen LogP) is 5.26. The van der Waals surface area contributed by atoms with E-state index >= 15 is 0 Å². The number of rotatable bonds is 4. The average Bonchev–Trinajstić information content (AvgIpc) is 3.10. The van der Waals surface area contributed by atoms with Crippen LogP contribution in [0.5, 0.6) is 0 Å². The molecule has 1 aliphatic rings. The maximum atomic E-state index is 14.0. The second kappa shape index (κ2) is 6.67. The highest BCUT2D eigenvalue weighted by molar-refractivity contribution is 9.11. The summed E-state index contributed by atoms with van der Waals surface area (Å²) in [4.78, 5) is 0.0599. The van der Waals surface area contributed by atoms with E-state index in [9.17, 15) is 17.2 Å². The predicted molar refractivity (Wildman–Crippen MR) is 102 cm³/mol. The third-order valence-corrected chi connectivity index (χ3v) is 8.12. The Hall–Kier alpha value is -0.350. The lowest BCUT2D eigenvalue weighted by Crippen LogP contribution is -2.31. The zero-order valence-corrected chi connectivity index (χ0v) is 18.4. The molecular weight excluding hydrogens is 548 g/mol. The fourth-order valence-electron chi connectivity index (χ4n) is 2.80. The molecule has 2 atom stereocenters. The fraction of sp³-hybridized carbons (Fsp3) is 0.250. The van der Waals surface area contributed by atoms with Gasteiger partial charge >= 0.3 is 0 Å². The summed E-state index contributed by atoms with van der Waals surface area (Å²) in [5, 5.41) is 0. The Morgan fingerprint density at radius 2 is 1.72 bits per heavy atom. The molecule has 0 amide bonds. The van der Waals surface area contributed by atoms with Crippen LogP contribution in [0.4, 0.5) is 8.78 Å². The van der Waals surface area contributed by atoms with Crippen molar-refractivity contribution >= 4 is 57.8 Å². The maximum absolute atomic E-state index is 14.0. The Bertz CT molecular complexity index is 945. The van der Waals surface area contributed by atoms with Gasteiger partial charge in [0.25, 0.3) is 0 Å². The molecule has 0 spiro atoms. The topological polar surface area (TPSA) is 46.2 Å². The third-order valence-electron chi connectivity index (χ3n) is 4.31. The van der Waals surface area contributed by atoms with Crippen LogP contribution in [0.2, 0.25) is 0 Å². The third kappa shape index (κ3) is 3.71. The Labute approximate surface area is 169 Å². The van der Waals surface area contributed by atoms with Gasteiger partial charge < -0.3 is 0 Å². The Morgan fingerprint density at radius 1 is 1.12 bits per heavy atom. The van der Waals surface area contributed by atoms with Gasteiger partial charge in [-0.25, -0.2) is 21.9 Å². The molecular formula is C16H12Br3F2NO2S. The summed E-state index contributed by atoms with van der Waals surface area (Å²) in [5.41, 5.74) is -0.609. The first kappa shape index (κ1) is 19.4. The van der Waals surface area contributed by atoms with Crippen molar-refractivity contribution in [3.63, 3.8) is 0 Å². The van der Waals surface area contributed by atoms with Crippen molar-refractivity contribution < 1.29 is 17.2 Å². The summed E-state index contributed by atoms with van der Waals surface area (Å²) >= 11 is 9.79. The summed E-state index contributed by atoms with van der Waals surface area (Å²) in [6.07, 6.45) is 0.387. The first-order valence-corrected chi connectivity index (χ1v) is 11.0. The lowest BCUT2D eigenvalue weighted by molar-refractivity contribution is 0.548. The number of hydrogen-bond acceptors (Lipinski definition) is 2. The van der Waals surface area contributed by atoms with Crippen LogP contribution >= 0.6 is 47.8 Å². The normalized spacial score (nSPS) is 22.9. The molecule has 1 N–H and O–H groups in total. The van der Waals surface area contributed by atoms with Crippen LogP contribution in [0.1, 0.15) is 18.9 Å². The van der Waals surface area contributed by atoms with E-state index in [1.807, 2.05) is 0 Å². The van der Waals surface area contributed by atoms with Crippen molar-refractivity contribution in [2.45, 2.75) is 29.7 Å². The zero-order chi connectivity index (χ0) is 18.6. The summed E-state index contributed by atoms with van der Waals surface area (Å²) in [5.74, 6) is -1.10. The van der Waals surface area contributed by atoms with Crippen LogP contribution in [-0.4, -0.2) is 14.5 Å². The lowest BCUT2D eigenvalue weighted by atomic mass is 9.97.